The molecule has 0 radical (unpaired) electrons. The molecule has 0 aliphatic carbocycles. The van der Waals surface area contributed by atoms with Gasteiger partial charge < -0.3 is 10.6 Å². The van der Waals surface area contributed by atoms with E-state index in [0.29, 0.717) is 10.7 Å². The van der Waals surface area contributed by atoms with Gasteiger partial charge in [-0.05, 0) is 40.6 Å². The molecule has 0 fully saturated rings. The second-order valence-electron chi connectivity index (χ2n) is 6.78. The predicted molar refractivity (Wildman–Crippen MR) is 105 cm³/mol. The summed E-state index contributed by atoms with van der Waals surface area (Å²) in [6.07, 6.45) is 1.73. The molecule has 0 aliphatic heterocycles. The van der Waals surface area contributed by atoms with Gasteiger partial charge in [-0.25, -0.2) is 4.98 Å². The van der Waals surface area contributed by atoms with Crippen molar-refractivity contribution >= 4 is 34.4 Å². The van der Waals surface area contributed by atoms with Crippen molar-refractivity contribution < 1.29 is 4.79 Å². The van der Waals surface area contributed by atoms with Crippen molar-refractivity contribution in [1.82, 2.24) is 4.98 Å². The second-order valence-corrected chi connectivity index (χ2v) is 7.73. The highest BCUT2D eigenvalue weighted by Crippen LogP contribution is 2.31. The minimum Gasteiger partial charge on any atom is -0.354 e. The zero-order chi connectivity index (χ0) is 17.9. The van der Waals surface area contributed by atoms with Crippen LogP contribution in [0.3, 0.4) is 0 Å². The van der Waals surface area contributed by atoms with E-state index in [0.717, 1.165) is 11.4 Å². The molecule has 0 saturated carbocycles. The number of carbonyl (C=O) groups is 1. The molecule has 3 rings (SSSR count). The highest BCUT2D eigenvalue weighted by Gasteiger charge is 2.17. The van der Waals surface area contributed by atoms with Crippen LogP contribution >= 0.6 is 11.3 Å². The highest BCUT2D eigenvalue weighted by atomic mass is 32.1. The summed E-state index contributed by atoms with van der Waals surface area (Å²) in [5.74, 6) is 0.398. The quantitative estimate of drug-likeness (QED) is 0.658. The van der Waals surface area contributed by atoms with Gasteiger partial charge in [-0.1, -0.05) is 45.0 Å². The Labute approximate surface area is 151 Å². The second kappa shape index (κ2) is 7.07. The summed E-state index contributed by atoms with van der Waals surface area (Å²) in [4.78, 5) is 17.0. The first-order valence-corrected chi connectivity index (χ1v) is 8.99. The third kappa shape index (κ3) is 4.25. The molecule has 0 bridgehead atoms. The lowest BCUT2D eigenvalue weighted by Crippen LogP contribution is -2.13. The van der Waals surface area contributed by atoms with Gasteiger partial charge in [-0.15, -0.1) is 11.3 Å². The van der Waals surface area contributed by atoms with E-state index in [-0.39, 0.29) is 11.3 Å². The summed E-state index contributed by atoms with van der Waals surface area (Å²) >= 11 is 1.41. The first-order valence-electron chi connectivity index (χ1n) is 8.11. The van der Waals surface area contributed by atoms with Crippen LogP contribution < -0.4 is 10.6 Å². The molecule has 0 spiro atoms. The predicted octanol–water partition coefficient (Wildman–Crippen LogP) is 5.44. The molecule has 2 aromatic heterocycles. The smallest absolute Gasteiger partial charge is 0.266 e. The Hall–Kier alpha value is -2.66. The van der Waals surface area contributed by atoms with Crippen molar-refractivity contribution in [3.8, 4) is 0 Å². The van der Waals surface area contributed by atoms with Crippen LogP contribution in [0, 0.1) is 0 Å². The molecule has 5 heteroatoms. The van der Waals surface area contributed by atoms with Crippen LogP contribution in [0.2, 0.25) is 0 Å². The van der Waals surface area contributed by atoms with Gasteiger partial charge in [-0.3, -0.25) is 4.79 Å². The first-order chi connectivity index (χ1) is 11.9. The Kier molecular flexibility index (Phi) is 4.86. The fourth-order valence-corrected chi connectivity index (χ4v) is 3.15. The molecular weight excluding hydrogens is 330 g/mol. The Morgan fingerprint density at radius 1 is 1.04 bits per heavy atom. The summed E-state index contributed by atoms with van der Waals surface area (Å²) in [6, 6.07) is 15.6. The number of aromatic nitrogens is 1. The van der Waals surface area contributed by atoms with Crippen molar-refractivity contribution in [2.45, 2.75) is 26.2 Å². The molecule has 0 saturated heterocycles. The number of hydrogen-bond acceptors (Lipinski definition) is 4. The van der Waals surface area contributed by atoms with Crippen molar-refractivity contribution in [2.24, 2.45) is 0 Å². The van der Waals surface area contributed by atoms with E-state index in [9.17, 15) is 4.79 Å². The fraction of sp³-hybridized carbons (Fsp3) is 0.200. The zero-order valence-electron chi connectivity index (χ0n) is 14.5. The number of pyridine rings is 1. The third-order valence-electron chi connectivity index (χ3n) is 3.76. The van der Waals surface area contributed by atoms with Crippen molar-refractivity contribution in [3.05, 3.63) is 70.5 Å². The lowest BCUT2D eigenvalue weighted by atomic mass is 9.86. The van der Waals surface area contributed by atoms with E-state index in [1.807, 2.05) is 29.6 Å². The molecule has 25 heavy (non-hydrogen) atoms. The number of para-hydroxylation sites is 1. The minimum absolute atomic E-state index is 0.0473. The van der Waals surface area contributed by atoms with E-state index in [4.69, 9.17) is 0 Å². The number of hydrogen-bond donors (Lipinski definition) is 2. The fourth-order valence-electron chi connectivity index (χ4n) is 2.53. The van der Waals surface area contributed by atoms with Gasteiger partial charge in [-0.2, -0.15) is 0 Å². The molecule has 0 atom stereocenters. The standard InChI is InChI=1S/C20H21N3OS/c1-20(2,3)15-7-4-5-8-16(15)22-14-10-11-18(21-13-14)23-19(24)17-9-6-12-25-17/h4-13,22H,1-3H3,(H,21,23,24). The van der Waals surface area contributed by atoms with Crippen molar-refractivity contribution in [3.63, 3.8) is 0 Å². The topological polar surface area (TPSA) is 54.0 Å². The minimum atomic E-state index is -0.138. The maximum Gasteiger partial charge on any atom is 0.266 e. The first kappa shape index (κ1) is 17.2. The van der Waals surface area contributed by atoms with Gasteiger partial charge in [0.2, 0.25) is 0 Å². The molecule has 1 aromatic carbocycles. The number of carbonyl (C=O) groups excluding carboxylic acids is 1. The average Bonchev–Trinajstić information content (AvgIpc) is 3.11. The molecule has 4 nitrogen and oxygen atoms in total. The Bertz CT molecular complexity index is 849. The molecule has 3 aromatic rings. The van der Waals surface area contributed by atoms with E-state index < -0.39 is 0 Å². The Morgan fingerprint density at radius 3 is 2.48 bits per heavy atom. The molecule has 0 unspecified atom stereocenters. The summed E-state index contributed by atoms with van der Waals surface area (Å²) in [5, 5.41) is 8.09. The van der Waals surface area contributed by atoms with Crippen LogP contribution in [-0.2, 0) is 5.41 Å². The number of rotatable bonds is 4. The highest BCUT2D eigenvalue weighted by molar-refractivity contribution is 7.12. The molecular formula is C20H21N3OS. The van der Waals surface area contributed by atoms with E-state index >= 15 is 0 Å². The van der Waals surface area contributed by atoms with Crippen LogP contribution in [-0.4, -0.2) is 10.9 Å². The van der Waals surface area contributed by atoms with Gasteiger partial charge in [0.05, 0.1) is 16.8 Å². The Balaban J connectivity index is 1.73. The average molecular weight is 351 g/mol. The van der Waals surface area contributed by atoms with Gasteiger partial charge in [0, 0.05) is 5.69 Å². The van der Waals surface area contributed by atoms with Crippen LogP contribution in [0.25, 0.3) is 0 Å². The number of nitrogens with zero attached hydrogens (tertiary/aromatic N) is 1. The number of anilines is 3. The zero-order valence-corrected chi connectivity index (χ0v) is 15.4. The van der Waals surface area contributed by atoms with Crippen LogP contribution in [0.4, 0.5) is 17.2 Å². The molecule has 1 amide bonds. The van der Waals surface area contributed by atoms with E-state index in [2.05, 4.69) is 48.5 Å². The van der Waals surface area contributed by atoms with Gasteiger partial charge in [0.1, 0.15) is 5.82 Å². The van der Waals surface area contributed by atoms with Crippen molar-refractivity contribution in [1.29, 1.82) is 0 Å². The number of benzene rings is 1. The maximum atomic E-state index is 12.0. The van der Waals surface area contributed by atoms with Gasteiger partial charge in [0.15, 0.2) is 0 Å². The van der Waals surface area contributed by atoms with Crippen molar-refractivity contribution in [2.75, 3.05) is 10.6 Å². The van der Waals surface area contributed by atoms with E-state index in [1.165, 1.54) is 16.9 Å². The molecule has 2 N–H and O–H groups in total. The van der Waals surface area contributed by atoms with Crippen LogP contribution in [0.15, 0.2) is 60.1 Å². The molecule has 0 aliphatic rings. The number of thiophene rings is 1. The summed E-state index contributed by atoms with van der Waals surface area (Å²) < 4.78 is 0. The molecule has 128 valence electrons. The maximum absolute atomic E-state index is 12.0. The van der Waals surface area contributed by atoms with Crippen LogP contribution in [0.5, 0.6) is 0 Å². The lowest BCUT2D eigenvalue weighted by molar-refractivity contribution is 0.103. The summed E-state index contributed by atoms with van der Waals surface area (Å²) in [5.41, 5.74) is 3.23. The third-order valence-corrected chi connectivity index (χ3v) is 4.63. The van der Waals surface area contributed by atoms with Crippen LogP contribution in [0.1, 0.15) is 36.0 Å². The molecule has 2 heterocycles. The largest absolute Gasteiger partial charge is 0.354 e. The number of amides is 1. The monoisotopic (exact) mass is 351 g/mol. The summed E-state index contributed by atoms with van der Waals surface area (Å²) in [6.45, 7) is 6.57. The SMILES string of the molecule is CC(C)(C)c1ccccc1Nc1ccc(NC(=O)c2cccs2)nc1. The normalized spacial score (nSPS) is 11.2. The summed E-state index contributed by atoms with van der Waals surface area (Å²) in [7, 11) is 0. The van der Waals surface area contributed by atoms with Gasteiger partial charge in [0.25, 0.3) is 5.91 Å². The lowest BCUT2D eigenvalue weighted by Gasteiger charge is -2.23. The van der Waals surface area contributed by atoms with E-state index in [1.54, 1.807) is 18.3 Å². The Morgan fingerprint density at radius 2 is 1.84 bits per heavy atom. The number of nitrogens with one attached hydrogen (secondary N) is 2. The van der Waals surface area contributed by atoms with Gasteiger partial charge >= 0.3 is 0 Å².